The van der Waals surface area contributed by atoms with Gasteiger partial charge in [0.2, 0.25) is 15.9 Å². The predicted molar refractivity (Wildman–Crippen MR) is 86.2 cm³/mol. The monoisotopic (exact) mass is 332 g/mol. The predicted octanol–water partition coefficient (Wildman–Crippen LogP) is -0.767. The van der Waals surface area contributed by atoms with Crippen molar-refractivity contribution in [3.63, 3.8) is 0 Å². The van der Waals surface area contributed by atoms with E-state index >= 15 is 0 Å². The fourth-order valence-corrected chi connectivity index (χ4v) is 4.31. The Hall–Kier alpha value is -0.660. The Morgan fingerprint density at radius 3 is 2.27 bits per heavy atom. The maximum absolute atomic E-state index is 12.2. The average Bonchev–Trinajstić information content (AvgIpc) is 2.75. The number of hydrogen-bond donors (Lipinski definition) is 2. The van der Waals surface area contributed by atoms with E-state index in [2.05, 4.69) is 5.32 Å². The summed E-state index contributed by atoms with van der Waals surface area (Å²) in [6.07, 6.45) is 7.78. The molecule has 0 aromatic rings. The van der Waals surface area contributed by atoms with E-state index in [-0.39, 0.29) is 11.8 Å². The van der Waals surface area contributed by atoms with E-state index in [9.17, 15) is 13.2 Å². The third kappa shape index (κ3) is 5.52. The molecular formula is C15H30N3O3S+. The first-order chi connectivity index (χ1) is 10.5. The molecule has 2 rings (SSSR count). The van der Waals surface area contributed by atoms with Crippen LogP contribution in [0.25, 0.3) is 0 Å². The minimum atomic E-state index is -3.11. The molecule has 0 radical (unpaired) electrons. The van der Waals surface area contributed by atoms with Crippen molar-refractivity contribution in [2.24, 2.45) is 5.92 Å². The van der Waals surface area contributed by atoms with Crippen molar-refractivity contribution in [1.29, 1.82) is 0 Å². The number of quaternary nitrogens is 1. The van der Waals surface area contributed by atoms with Crippen molar-refractivity contribution in [2.45, 2.75) is 38.5 Å². The van der Waals surface area contributed by atoms with Gasteiger partial charge in [-0.15, -0.1) is 0 Å². The first-order valence-electron chi connectivity index (χ1n) is 8.53. The molecule has 2 fully saturated rings. The SMILES string of the molecule is CS(=O)(=O)N1CCC(C(=O)NCC[NH+]2CCCCCC2)CC1. The summed E-state index contributed by atoms with van der Waals surface area (Å²) in [4.78, 5) is 13.8. The zero-order valence-electron chi connectivity index (χ0n) is 13.6. The van der Waals surface area contributed by atoms with Gasteiger partial charge in [-0.05, 0) is 38.5 Å². The lowest BCUT2D eigenvalue weighted by Gasteiger charge is -2.29. The minimum absolute atomic E-state index is 0.0304. The molecule has 0 bridgehead atoms. The van der Waals surface area contributed by atoms with Gasteiger partial charge in [-0.2, -0.15) is 0 Å². The molecule has 0 aromatic heterocycles. The van der Waals surface area contributed by atoms with Gasteiger partial charge in [-0.3, -0.25) is 4.79 Å². The second kappa shape index (κ2) is 8.26. The Bertz CT molecular complexity index is 451. The summed E-state index contributed by atoms with van der Waals surface area (Å²) in [6, 6.07) is 0. The largest absolute Gasteiger partial charge is 0.350 e. The third-order valence-electron chi connectivity index (χ3n) is 4.88. The molecule has 0 atom stereocenters. The number of hydrogen-bond acceptors (Lipinski definition) is 3. The fourth-order valence-electron chi connectivity index (χ4n) is 3.43. The van der Waals surface area contributed by atoms with Crippen molar-refractivity contribution >= 4 is 15.9 Å². The number of nitrogens with zero attached hydrogens (tertiary/aromatic N) is 1. The van der Waals surface area contributed by atoms with Gasteiger partial charge >= 0.3 is 0 Å². The van der Waals surface area contributed by atoms with E-state index in [4.69, 9.17) is 0 Å². The van der Waals surface area contributed by atoms with Gasteiger partial charge in [0.25, 0.3) is 0 Å². The number of carbonyl (C=O) groups is 1. The number of sulfonamides is 1. The van der Waals surface area contributed by atoms with Gasteiger partial charge in [0, 0.05) is 19.0 Å². The Morgan fingerprint density at radius 1 is 1.14 bits per heavy atom. The summed E-state index contributed by atoms with van der Waals surface area (Å²) in [5.41, 5.74) is 0. The lowest BCUT2D eigenvalue weighted by Crippen LogP contribution is -3.12. The van der Waals surface area contributed by atoms with Crippen LogP contribution in [0.4, 0.5) is 0 Å². The van der Waals surface area contributed by atoms with Crippen LogP contribution >= 0.6 is 0 Å². The minimum Gasteiger partial charge on any atom is -0.350 e. The highest BCUT2D eigenvalue weighted by atomic mass is 32.2. The molecule has 2 aliphatic rings. The van der Waals surface area contributed by atoms with Crippen molar-refractivity contribution in [3.05, 3.63) is 0 Å². The standard InChI is InChI=1S/C15H29N3O3S/c1-22(20,21)18-11-6-14(7-12-18)15(19)16-8-13-17-9-4-2-3-5-10-17/h14H,2-13H2,1H3,(H,16,19)/p+1. The maximum Gasteiger partial charge on any atom is 0.223 e. The number of rotatable bonds is 5. The van der Waals surface area contributed by atoms with E-state index < -0.39 is 10.0 Å². The van der Waals surface area contributed by atoms with Crippen LogP contribution < -0.4 is 10.2 Å². The van der Waals surface area contributed by atoms with Crippen LogP contribution in [0.1, 0.15) is 38.5 Å². The van der Waals surface area contributed by atoms with Crippen molar-refractivity contribution in [2.75, 3.05) is 45.5 Å². The fraction of sp³-hybridized carbons (Fsp3) is 0.933. The van der Waals surface area contributed by atoms with E-state index in [1.54, 1.807) is 4.90 Å². The molecule has 2 N–H and O–H groups in total. The van der Waals surface area contributed by atoms with Gasteiger partial charge in [-0.1, -0.05) is 0 Å². The molecule has 0 aromatic carbocycles. The first kappa shape index (κ1) is 17.7. The molecule has 0 unspecified atom stereocenters. The van der Waals surface area contributed by atoms with E-state index in [1.807, 2.05) is 0 Å². The Kier molecular flexibility index (Phi) is 6.65. The topological polar surface area (TPSA) is 70.9 Å². The zero-order valence-corrected chi connectivity index (χ0v) is 14.5. The molecule has 22 heavy (non-hydrogen) atoms. The van der Waals surface area contributed by atoms with Gasteiger partial charge in [0.1, 0.15) is 0 Å². The van der Waals surface area contributed by atoms with Crippen LogP contribution in [-0.2, 0) is 14.8 Å². The van der Waals surface area contributed by atoms with Gasteiger partial charge in [0.15, 0.2) is 0 Å². The highest BCUT2D eigenvalue weighted by Gasteiger charge is 2.28. The van der Waals surface area contributed by atoms with Crippen LogP contribution in [0.3, 0.4) is 0 Å². The van der Waals surface area contributed by atoms with Crippen LogP contribution in [0.2, 0.25) is 0 Å². The lowest BCUT2D eigenvalue weighted by atomic mass is 9.97. The summed E-state index contributed by atoms with van der Waals surface area (Å²) >= 11 is 0. The van der Waals surface area contributed by atoms with Crippen molar-refractivity contribution < 1.29 is 18.1 Å². The van der Waals surface area contributed by atoms with Gasteiger partial charge < -0.3 is 10.2 Å². The molecule has 1 amide bonds. The molecule has 6 nitrogen and oxygen atoms in total. The summed E-state index contributed by atoms with van der Waals surface area (Å²) in [6.45, 7) is 5.13. The van der Waals surface area contributed by atoms with Crippen molar-refractivity contribution in [1.82, 2.24) is 9.62 Å². The highest BCUT2D eigenvalue weighted by Crippen LogP contribution is 2.18. The van der Waals surface area contributed by atoms with Crippen LogP contribution in [-0.4, -0.2) is 64.2 Å². The normalized spacial score (nSPS) is 23.1. The summed E-state index contributed by atoms with van der Waals surface area (Å²) in [5.74, 6) is 0.0690. The Morgan fingerprint density at radius 2 is 1.73 bits per heavy atom. The smallest absolute Gasteiger partial charge is 0.223 e. The Balaban J connectivity index is 1.65. The Labute approximate surface area is 134 Å². The second-order valence-electron chi connectivity index (χ2n) is 6.64. The van der Waals surface area contributed by atoms with Crippen molar-refractivity contribution in [3.8, 4) is 0 Å². The second-order valence-corrected chi connectivity index (χ2v) is 8.62. The maximum atomic E-state index is 12.2. The zero-order chi connectivity index (χ0) is 16.0. The quantitative estimate of drug-likeness (QED) is 0.695. The number of likely N-dealkylation sites (tertiary alicyclic amines) is 1. The molecule has 2 saturated heterocycles. The molecular weight excluding hydrogens is 302 g/mol. The highest BCUT2D eigenvalue weighted by molar-refractivity contribution is 7.88. The number of piperidine rings is 1. The first-order valence-corrected chi connectivity index (χ1v) is 10.4. The van der Waals surface area contributed by atoms with Crippen LogP contribution in [0.15, 0.2) is 0 Å². The number of amides is 1. The molecule has 0 spiro atoms. The van der Waals surface area contributed by atoms with Crippen LogP contribution in [0, 0.1) is 5.92 Å². The molecule has 0 aliphatic carbocycles. The van der Waals surface area contributed by atoms with Crippen LogP contribution in [0.5, 0.6) is 0 Å². The molecule has 2 aliphatic heterocycles. The summed E-state index contributed by atoms with van der Waals surface area (Å²) in [5, 5.41) is 3.05. The lowest BCUT2D eigenvalue weighted by molar-refractivity contribution is -0.898. The van der Waals surface area contributed by atoms with E-state index in [1.165, 1.54) is 49.3 Å². The average molecular weight is 332 g/mol. The summed E-state index contributed by atoms with van der Waals surface area (Å²) in [7, 11) is -3.11. The molecule has 128 valence electrons. The third-order valence-corrected chi connectivity index (χ3v) is 6.19. The molecule has 2 heterocycles. The van der Waals surface area contributed by atoms with E-state index in [0.717, 1.165) is 13.1 Å². The van der Waals surface area contributed by atoms with Gasteiger partial charge in [-0.25, -0.2) is 12.7 Å². The number of carbonyl (C=O) groups excluding carboxylic acids is 1. The molecule has 0 saturated carbocycles. The summed E-state index contributed by atoms with van der Waals surface area (Å²) < 4.78 is 24.4. The van der Waals surface area contributed by atoms with Gasteiger partial charge in [0.05, 0.1) is 32.4 Å². The van der Waals surface area contributed by atoms with E-state index in [0.29, 0.717) is 25.9 Å². The molecule has 7 heteroatoms. The number of nitrogens with one attached hydrogen (secondary N) is 2.